The van der Waals surface area contributed by atoms with Gasteiger partial charge in [-0.25, -0.2) is 8.42 Å². The maximum absolute atomic E-state index is 12.8. The number of benzene rings is 1. The van der Waals surface area contributed by atoms with Crippen LogP contribution >= 0.6 is 0 Å². The zero-order valence-corrected chi connectivity index (χ0v) is 12.5. The Balaban J connectivity index is 2.45. The maximum atomic E-state index is 12.8. The van der Waals surface area contributed by atoms with Gasteiger partial charge in [-0.15, -0.1) is 0 Å². The highest BCUT2D eigenvalue weighted by Crippen LogP contribution is 2.30. The molecule has 0 aliphatic carbocycles. The van der Waals surface area contributed by atoms with E-state index >= 15 is 0 Å². The molecule has 0 spiro atoms. The van der Waals surface area contributed by atoms with E-state index in [-0.39, 0.29) is 17.5 Å². The van der Waals surface area contributed by atoms with Crippen molar-refractivity contribution in [3.63, 3.8) is 0 Å². The minimum atomic E-state index is -3.53. The molecule has 2 rings (SSSR count). The van der Waals surface area contributed by atoms with Crippen LogP contribution in [0.2, 0.25) is 0 Å². The fourth-order valence-electron chi connectivity index (χ4n) is 2.65. The molecule has 20 heavy (non-hydrogen) atoms. The number of rotatable bonds is 2. The van der Waals surface area contributed by atoms with E-state index in [0.717, 1.165) is 6.42 Å². The molecular weight excluding hydrogens is 274 g/mol. The molecule has 0 radical (unpaired) electrons. The normalized spacial score (nSPS) is 23.4. The molecule has 1 aliphatic rings. The lowest BCUT2D eigenvalue weighted by Crippen LogP contribution is -2.34. The molecule has 2 unspecified atom stereocenters. The summed E-state index contributed by atoms with van der Waals surface area (Å²) in [4.78, 5) is 0.224. The average Bonchev–Trinajstić information content (AvgIpc) is 2.76. The van der Waals surface area contributed by atoms with Gasteiger partial charge in [-0.05, 0) is 31.4 Å². The first-order valence-corrected chi connectivity index (χ1v) is 8.11. The van der Waals surface area contributed by atoms with E-state index in [9.17, 15) is 8.42 Å². The van der Waals surface area contributed by atoms with Crippen molar-refractivity contribution in [2.75, 3.05) is 13.2 Å². The number of hydrogen-bond donors (Lipinski definition) is 1. The van der Waals surface area contributed by atoms with Crippen molar-refractivity contribution in [3.8, 4) is 11.8 Å². The van der Waals surface area contributed by atoms with Gasteiger partial charge in [-0.3, -0.25) is 0 Å². The number of nitrogens with zero attached hydrogens (tertiary/aromatic N) is 1. The Labute approximate surface area is 120 Å². The van der Waals surface area contributed by atoms with Gasteiger partial charge in [0.25, 0.3) is 0 Å². The molecule has 108 valence electrons. The third-order valence-corrected chi connectivity index (χ3v) is 5.54. The quantitative estimate of drug-likeness (QED) is 0.840. The molecule has 1 fully saturated rings. The van der Waals surface area contributed by atoms with Gasteiger partial charge < -0.3 is 5.11 Å². The predicted molar refractivity (Wildman–Crippen MR) is 77.5 cm³/mol. The molecule has 1 heterocycles. The monoisotopic (exact) mass is 293 g/mol. The smallest absolute Gasteiger partial charge is 0.244 e. The largest absolute Gasteiger partial charge is 0.384 e. The van der Waals surface area contributed by atoms with E-state index in [1.54, 1.807) is 28.6 Å². The lowest BCUT2D eigenvalue weighted by Gasteiger charge is -2.21. The van der Waals surface area contributed by atoms with E-state index in [2.05, 4.69) is 18.8 Å². The Morgan fingerprint density at radius 1 is 1.35 bits per heavy atom. The summed E-state index contributed by atoms with van der Waals surface area (Å²) in [6, 6.07) is 6.69. The van der Waals surface area contributed by atoms with E-state index in [4.69, 9.17) is 5.11 Å². The van der Waals surface area contributed by atoms with Crippen LogP contribution in [0, 0.1) is 17.8 Å². The van der Waals surface area contributed by atoms with Crippen molar-refractivity contribution in [2.45, 2.75) is 31.2 Å². The van der Waals surface area contributed by atoms with Gasteiger partial charge in [-0.2, -0.15) is 4.31 Å². The molecule has 1 N–H and O–H groups in total. The van der Waals surface area contributed by atoms with Crippen molar-refractivity contribution in [2.24, 2.45) is 5.92 Å². The third kappa shape index (κ3) is 2.88. The van der Waals surface area contributed by atoms with Gasteiger partial charge in [0.05, 0.1) is 4.90 Å². The molecule has 0 bridgehead atoms. The first-order chi connectivity index (χ1) is 9.46. The molecule has 0 amide bonds. The molecule has 0 saturated carbocycles. The van der Waals surface area contributed by atoms with Gasteiger partial charge >= 0.3 is 0 Å². The number of sulfonamides is 1. The number of aliphatic hydroxyl groups is 1. The second kappa shape index (κ2) is 5.96. The second-order valence-electron chi connectivity index (χ2n) is 5.22. The lowest BCUT2D eigenvalue weighted by atomic mass is 10.1. The van der Waals surface area contributed by atoms with Crippen molar-refractivity contribution in [1.29, 1.82) is 0 Å². The number of hydrogen-bond acceptors (Lipinski definition) is 3. The van der Waals surface area contributed by atoms with Crippen LogP contribution in [0.25, 0.3) is 0 Å². The van der Waals surface area contributed by atoms with E-state index in [0.29, 0.717) is 18.0 Å². The minimum Gasteiger partial charge on any atom is -0.384 e. The molecule has 2 atom stereocenters. The van der Waals surface area contributed by atoms with Gasteiger partial charge in [-0.1, -0.05) is 30.9 Å². The highest BCUT2D eigenvalue weighted by Gasteiger charge is 2.36. The zero-order valence-electron chi connectivity index (χ0n) is 11.7. The van der Waals surface area contributed by atoms with Crippen LogP contribution in [0.3, 0.4) is 0 Å². The summed E-state index contributed by atoms with van der Waals surface area (Å²) >= 11 is 0. The van der Waals surface area contributed by atoms with E-state index < -0.39 is 10.0 Å². The third-order valence-electron chi connectivity index (χ3n) is 3.50. The Kier molecular flexibility index (Phi) is 4.48. The molecule has 1 aromatic carbocycles. The van der Waals surface area contributed by atoms with Crippen molar-refractivity contribution in [3.05, 3.63) is 29.8 Å². The van der Waals surface area contributed by atoms with Crippen LogP contribution in [0.4, 0.5) is 0 Å². The van der Waals surface area contributed by atoms with Crippen LogP contribution in [-0.4, -0.2) is 37.0 Å². The molecule has 1 saturated heterocycles. The Bertz CT molecular complexity index is 643. The first-order valence-electron chi connectivity index (χ1n) is 6.67. The summed E-state index contributed by atoms with van der Waals surface area (Å²) in [5, 5.41) is 8.78. The SMILES string of the molecule is CC1CC(C)N(S(=O)(=O)c2ccccc2C#CCO)C1. The standard InChI is InChI=1S/C15H19NO3S/c1-12-10-13(2)16(11-12)20(18,19)15-8-4-3-6-14(15)7-5-9-17/h3-4,6,8,12-13,17H,9-11H2,1-2H3. The Morgan fingerprint density at radius 2 is 2.05 bits per heavy atom. The van der Waals surface area contributed by atoms with E-state index in [1.165, 1.54) is 0 Å². The van der Waals surface area contributed by atoms with Crippen LogP contribution in [-0.2, 0) is 10.0 Å². The summed E-state index contributed by atoms with van der Waals surface area (Å²) in [6.07, 6.45) is 0.879. The molecule has 1 aliphatic heterocycles. The van der Waals surface area contributed by atoms with Gasteiger partial charge in [0.1, 0.15) is 6.61 Å². The summed E-state index contributed by atoms with van der Waals surface area (Å²) in [6.45, 7) is 4.25. The van der Waals surface area contributed by atoms with Crippen LogP contribution in [0.1, 0.15) is 25.8 Å². The van der Waals surface area contributed by atoms with Crippen LogP contribution in [0.15, 0.2) is 29.2 Å². The fourth-order valence-corrected chi connectivity index (χ4v) is 4.56. The molecule has 4 nitrogen and oxygen atoms in total. The molecule has 0 aromatic heterocycles. The Hall–Kier alpha value is -1.35. The maximum Gasteiger partial charge on any atom is 0.244 e. The topological polar surface area (TPSA) is 57.6 Å². The van der Waals surface area contributed by atoms with Gasteiger partial charge in [0.2, 0.25) is 10.0 Å². The summed E-state index contributed by atoms with van der Waals surface area (Å²) in [5.41, 5.74) is 0.438. The summed E-state index contributed by atoms with van der Waals surface area (Å²) < 4.78 is 27.1. The Morgan fingerprint density at radius 3 is 2.65 bits per heavy atom. The fraction of sp³-hybridized carbons (Fsp3) is 0.467. The summed E-state index contributed by atoms with van der Waals surface area (Å²) in [7, 11) is -3.53. The first kappa shape index (κ1) is 15.0. The predicted octanol–water partition coefficient (Wildman–Crippen LogP) is 1.45. The van der Waals surface area contributed by atoms with Crippen LogP contribution < -0.4 is 0 Å². The molecule has 5 heteroatoms. The number of aliphatic hydroxyl groups excluding tert-OH is 1. The minimum absolute atomic E-state index is 0.00820. The van der Waals surface area contributed by atoms with Crippen LogP contribution in [0.5, 0.6) is 0 Å². The van der Waals surface area contributed by atoms with Crippen molar-refractivity contribution in [1.82, 2.24) is 4.31 Å². The van der Waals surface area contributed by atoms with Gasteiger partial charge in [0, 0.05) is 18.2 Å². The van der Waals surface area contributed by atoms with Crippen molar-refractivity contribution < 1.29 is 13.5 Å². The van der Waals surface area contributed by atoms with E-state index in [1.807, 2.05) is 6.92 Å². The van der Waals surface area contributed by atoms with Gasteiger partial charge in [0.15, 0.2) is 0 Å². The highest BCUT2D eigenvalue weighted by molar-refractivity contribution is 7.89. The summed E-state index contributed by atoms with van der Waals surface area (Å²) in [5.74, 6) is 5.59. The zero-order chi connectivity index (χ0) is 14.8. The lowest BCUT2D eigenvalue weighted by molar-refractivity contribution is 0.350. The molecular formula is C15H19NO3S. The second-order valence-corrected chi connectivity index (χ2v) is 7.08. The van der Waals surface area contributed by atoms with Crippen molar-refractivity contribution >= 4 is 10.0 Å². The average molecular weight is 293 g/mol. The molecule has 1 aromatic rings. The highest BCUT2D eigenvalue weighted by atomic mass is 32.2.